The summed E-state index contributed by atoms with van der Waals surface area (Å²) in [4.78, 5) is 8.69. The second kappa shape index (κ2) is 6.72. The molecule has 0 saturated carbocycles. The van der Waals surface area contributed by atoms with E-state index in [1.165, 1.54) is 0 Å². The summed E-state index contributed by atoms with van der Waals surface area (Å²) in [6.07, 6.45) is 0. The molecule has 1 aromatic carbocycles. The summed E-state index contributed by atoms with van der Waals surface area (Å²) < 4.78 is 5.13. The van der Waals surface area contributed by atoms with E-state index in [1.807, 2.05) is 37.3 Å². The van der Waals surface area contributed by atoms with Crippen molar-refractivity contribution in [3.05, 3.63) is 36.0 Å². The van der Waals surface area contributed by atoms with Gasteiger partial charge >= 0.3 is 0 Å². The van der Waals surface area contributed by atoms with Crippen molar-refractivity contribution in [2.75, 3.05) is 30.8 Å². The highest BCUT2D eigenvalue weighted by Crippen LogP contribution is 2.19. The fraction of sp³-hybridized carbons (Fsp3) is 0.286. The molecular weight excluding hydrogens is 254 g/mol. The molecule has 0 aliphatic heterocycles. The summed E-state index contributed by atoms with van der Waals surface area (Å²) in [5.41, 5.74) is 7.28. The van der Waals surface area contributed by atoms with Gasteiger partial charge in [-0.15, -0.1) is 0 Å². The molecule has 0 aliphatic carbocycles. The Bertz CT molecular complexity index is 556. The molecule has 4 N–H and O–H groups in total. The first-order chi connectivity index (χ1) is 9.71. The van der Waals surface area contributed by atoms with Crippen molar-refractivity contribution in [1.29, 1.82) is 0 Å². The quantitative estimate of drug-likeness (QED) is 0.745. The summed E-state index contributed by atoms with van der Waals surface area (Å²) in [6.45, 7) is 3.11. The summed E-state index contributed by atoms with van der Waals surface area (Å²) >= 11 is 0. The monoisotopic (exact) mass is 273 g/mol. The fourth-order valence-corrected chi connectivity index (χ4v) is 1.72. The first kappa shape index (κ1) is 14.1. The van der Waals surface area contributed by atoms with E-state index in [0.29, 0.717) is 19.0 Å². The summed E-state index contributed by atoms with van der Waals surface area (Å²) in [6, 6.07) is 9.54. The Hall–Kier alpha value is -2.34. The van der Waals surface area contributed by atoms with Gasteiger partial charge in [-0.2, -0.15) is 4.98 Å². The van der Waals surface area contributed by atoms with Crippen molar-refractivity contribution in [3.8, 4) is 5.75 Å². The average Bonchev–Trinajstić information content (AvgIpc) is 2.45. The van der Waals surface area contributed by atoms with Gasteiger partial charge in [0, 0.05) is 30.5 Å². The topological polar surface area (TPSA) is 85.1 Å². The van der Waals surface area contributed by atoms with Crippen LogP contribution in [0.5, 0.6) is 5.75 Å². The number of nitrogens with zero attached hydrogens (tertiary/aromatic N) is 2. The van der Waals surface area contributed by atoms with Crippen molar-refractivity contribution < 1.29 is 4.74 Å². The van der Waals surface area contributed by atoms with E-state index in [0.717, 1.165) is 22.9 Å². The third-order valence-corrected chi connectivity index (χ3v) is 2.64. The number of nitrogens with two attached hydrogens (primary N) is 1. The zero-order valence-electron chi connectivity index (χ0n) is 11.7. The molecule has 1 heterocycles. The third kappa shape index (κ3) is 3.83. The fourth-order valence-electron chi connectivity index (χ4n) is 1.72. The Labute approximate surface area is 118 Å². The predicted octanol–water partition coefficient (Wildman–Crippen LogP) is 1.91. The maximum Gasteiger partial charge on any atom is 0.224 e. The Morgan fingerprint density at radius 3 is 2.60 bits per heavy atom. The summed E-state index contributed by atoms with van der Waals surface area (Å²) in [5.74, 6) is 2.13. The third-order valence-electron chi connectivity index (χ3n) is 2.64. The average molecular weight is 273 g/mol. The van der Waals surface area contributed by atoms with Crippen LogP contribution in [0.15, 0.2) is 30.3 Å². The molecule has 0 fully saturated rings. The number of methoxy groups -OCH3 is 1. The smallest absolute Gasteiger partial charge is 0.224 e. The Morgan fingerprint density at radius 2 is 1.95 bits per heavy atom. The van der Waals surface area contributed by atoms with Crippen molar-refractivity contribution in [2.24, 2.45) is 5.73 Å². The molecule has 0 saturated heterocycles. The van der Waals surface area contributed by atoms with Crippen LogP contribution in [-0.4, -0.2) is 30.2 Å². The van der Waals surface area contributed by atoms with Crippen molar-refractivity contribution in [3.63, 3.8) is 0 Å². The van der Waals surface area contributed by atoms with Crippen LogP contribution in [0.1, 0.15) is 5.69 Å². The molecule has 0 atom stereocenters. The molecule has 0 radical (unpaired) electrons. The van der Waals surface area contributed by atoms with Crippen molar-refractivity contribution in [2.45, 2.75) is 6.92 Å². The number of ether oxygens (including phenoxy) is 1. The number of aryl methyl sites for hydroxylation is 1. The van der Waals surface area contributed by atoms with Gasteiger partial charge in [0.05, 0.1) is 7.11 Å². The Balaban J connectivity index is 2.12. The number of nitrogens with one attached hydrogen (secondary N) is 2. The maximum absolute atomic E-state index is 5.46. The largest absolute Gasteiger partial charge is 0.497 e. The van der Waals surface area contributed by atoms with Crippen molar-refractivity contribution in [1.82, 2.24) is 9.97 Å². The molecule has 1 aromatic heterocycles. The zero-order chi connectivity index (χ0) is 14.4. The molecule has 2 aromatic rings. The van der Waals surface area contributed by atoms with Crippen LogP contribution in [0.25, 0.3) is 0 Å². The van der Waals surface area contributed by atoms with Crippen LogP contribution in [-0.2, 0) is 0 Å². The predicted molar refractivity (Wildman–Crippen MR) is 80.6 cm³/mol. The second-order valence-corrected chi connectivity index (χ2v) is 4.29. The van der Waals surface area contributed by atoms with Crippen LogP contribution in [0.4, 0.5) is 17.5 Å². The molecule has 0 unspecified atom stereocenters. The van der Waals surface area contributed by atoms with Crippen LogP contribution in [0, 0.1) is 6.92 Å². The minimum Gasteiger partial charge on any atom is -0.497 e. The lowest BCUT2D eigenvalue weighted by atomic mass is 10.3. The van der Waals surface area contributed by atoms with Crippen LogP contribution < -0.4 is 21.1 Å². The normalized spacial score (nSPS) is 10.2. The zero-order valence-corrected chi connectivity index (χ0v) is 11.7. The highest BCUT2D eigenvalue weighted by Gasteiger charge is 2.02. The van der Waals surface area contributed by atoms with E-state index in [9.17, 15) is 0 Å². The van der Waals surface area contributed by atoms with Gasteiger partial charge in [-0.1, -0.05) is 0 Å². The lowest BCUT2D eigenvalue weighted by Gasteiger charge is -2.10. The van der Waals surface area contributed by atoms with E-state index in [4.69, 9.17) is 10.5 Å². The minimum atomic E-state index is 0.540. The SMILES string of the molecule is COc1ccc(Nc2cc(C)nc(NCCN)n2)cc1. The van der Waals surface area contributed by atoms with Gasteiger partial charge in [-0.3, -0.25) is 0 Å². The molecule has 0 amide bonds. The molecule has 106 valence electrons. The molecular formula is C14H19N5O. The standard InChI is InChI=1S/C14H19N5O/c1-10-9-13(19-14(17-10)16-8-7-15)18-11-3-5-12(20-2)6-4-11/h3-6,9H,7-8,15H2,1-2H3,(H2,16,17,18,19). The van der Waals surface area contributed by atoms with Gasteiger partial charge in [0.1, 0.15) is 11.6 Å². The van der Waals surface area contributed by atoms with E-state index < -0.39 is 0 Å². The van der Waals surface area contributed by atoms with E-state index in [1.54, 1.807) is 7.11 Å². The molecule has 0 spiro atoms. The van der Waals surface area contributed by atoms with E-state index in [-0.39, 0.29) is 0 Å². The minimum absolute atomic E-state index is 0.540. The van der Waals surface area contributed by atoms with Crippen LogP contribution in [0.3, 0.4) is 0 Å². The highest BCUT2D eigenvalue weighted by atomic mass is 16.5. The van der Waals surface area contributed by atoms with Gasteiger partial charge in [0.15, 0.2) is 0 Å². The number of benzene rings is 1. The van der Waals surface area contributed by atoms with Crippen molar-refractivity contribution >= 4 is 17.5 Å². The number of aromatic nitrogens is 2. The molecule has 0 aliphatic rings. The number of anilines is 3. The molecule has 2 rings (SSSR count). The second-order valence-electron chi connectivity index (χ2n) is 4.29. The van der Waals surface area contributed by atoms with Gasteiger partial charge in [-0.25, -0.2) is 4.98 Å². The Kier molecular flexibility index (Phi) is 4.73. The maximum atomic E-state index is 5.46. The van der Waals surface area contributed by atoms with Crippen LogP contribution in [0.2, 0.25) is 0 Å². The summed E-state index contributed by atoms with van der Waals surface area (Å²) in [7, 11) is 1.64. The van der Waals surface area contributed by atoms with E-state index in [2.05, 4.69) is 20.6 Å². The van der Waals surface area contributed by atoms with Gasteiger partial charge in [0.25, 0.3) is 0 Å². The summed E-state index contributed by atoms with van der Waals surface area (Å²) in [5, 5.41) is 6.31. The lowest BCUT2D eigenvalue weighted by molar-refractivity contribution is 0.415. The molecule has 0 bridgehead atoms. The molecule has 6 heteroatoms. The number of rotatable bonds is 6. The van der Waals surface area contributed by atoms with Gasteiger partial charge in [0.2, 0.25) is 5.95 Å². The first-order valence-electron chi connectivity index (χ1n) is 6.42. The van der Waals surface area contributed by atoms with Crippen LogP contribution >= 0.6 is 0 Å². The van der Waals surface area contributed by atoms with Gasteiger partial charge in [-0.05, 0) is 31.2 Å². The number of hydrogen-bond acceptors (Lipinski definition) is 6. The van der Waals surface area contributed by atoms with E-state index >= 15 is 0 Å². The molecule has 20 heavy (non-hydrogen) atoms. The first-order valence-corrected chi connectivity index (χ1v) is 6.42. The lowest BCUT2D eigenvalue weighted by Crippen LogP contribution is -2.15. The number of hydrogen-bond donors (Lipinski definition) is 3. The molecule has 6 nitrogen and oxygen atoms in total. The highest BCUT2D eigenvalue weighted by molar-refractivity contribution is 5.58. The van der Waals surface area contributed by atoms with Gasteiger partial charge < -0.3 is 21.1 Å². The Morgan fingerprint density at radius 1 is 1.20 bits per heavy atom.